The first-order valence-electron chi connectivity index (χ1n) is 9.69. The van der Waals surface area contributed by atoms with Crippen molar-refractivity contribution in [3.63, 3.8) is 0 Å². The smallest absolute Gasteiger partial charge is 0.408 e. The molecular weight excluding hydrogens is 382 g/mol. The second kappa shape index (κ2) is 10.2. The number of ether oxygens (including phenoxy) is 1. The number of amides is 2. The molecule has 2 amide bonds. The average molecular weight is 407 g/mol. The van der Waals surface area contributed by atoms with Crippen LogP contribution in [-0.2, 0) is 29.1 Å². The highest BCUT2D eigenvalue weighted by molar-refractivity contribution is 5.85. The van der Waals surface area contributed by atoms with Crippen LogP contribution >= 0.6 is 0 Å². The average Bonchev–Trinajstić information content (AvgIpc) is 3.17. The van der Waals surface area contributed by atoms with E-state index in [-0.39, 0.29) is 19.1 Å². The number of nitrogens with one attached hydrogen (secondary N) is 1. The first-order chi connectivity index (χ1) is 14.5. The van der Waals surface area contributed by atoms with Gasteiger partial charge in [-0.3, -0.25) is 4.79 Å². The Hall–Kier alpha value is -3.61. The van der Waals surface area contributed by atoms with E-state index in [9.17, 15) is 9.59 Å². The quantitative estimate of drug-likeness (QED) is 0.618. The summed E-state index contributed by atoms with van der Waals surface area (Å²) in [7, 11) is 1.67. The molecule has 1 heterocycles. The van der Waals surface area contributed by atoms with Crippen molar-refractivity contribution in [1.29, 1.82) is 0 Å². The molecule has 156 valence electrons. The fourth-order valence-corrected chi connectivity index (χ4v) is 3.04. The van der Waals surface area contributed by atoms with Crippen molar-refractivity contribution in [1.82, 2.24) is 15.4 Å². The van der Waals surface area contributed by atoms with Crippen LogP contribution in [0.3, 0.4) is 0 Å². The number of carbonyl (C=O) groups excluding carboxylic acids is 2. The van der Waals surface area contributed by atoms with Crippen LogP contribution in [0, 0.1) is 6.92 Å². The molecule has 0 spiro atoms. The minimum Gasteiger partial charge on any atom is -0.445 e. The molecule has 1 aromatic heterocycles. The van der Waals surface area contributed by atoms with Crippen molar-refractivity contribution in [3.05, 3.63) is 89.3 Å². The SMILES string of the molecule is Cc1cc(CN(C)C(=O)[C@H](Cc2ccccc2)NC(=O)OCc2ccccc2)no1. The van der Waals surface area contributed by atoms with Gasteiger partial charge >= 0.3 is 6.09 Å². The topological polar surface area (TPSA) is 84.7 Å². The van der Waals surface area contributed by atoms with E-state index in [1.807, 2.05) is 60.7 Å². The Kier molecular flexibility index (Phi) is 7.21. The molecule has 0 fully saturated rings. The molecule has 3 aromatic rings. The number of nitrogens with zero attached hydrogens (tertiary/aromatic N) is 2. The number of aromatic nitrogens is 1. The zero-order valence-corrected chi connectivity index (χ0v) is 17.1. The summed E-state index contributed by atoms with van der Waals surface area (Å²) in [4.78, 5) is 27.0. The van der Waals surface area contributed by atoms with Gasteiger partial charge in [0.2, 0.25) is 5.91 Å². The third kappa shape index (κ3) is 6.20. The summed E-state index contributed by atoms with van der Waals surface area (Å²) in [6.45, 7) is 2.20. The highest BCUT2D eigenvalue weighted by atomic mass is 16.5. The van der Waals surface area contributed by atoms with Crippen LogP contribution < -0.4 is 5.32 Å². The fraction of sp³-hybridized carbons (Fsp3) is 0.261. The Morgan fingerprint density at radius 3 is 2.30 bits per heavy atom. The number of carbonyl (C=O) groups is 2. The van der Waals surface area contributed by atoms with Crippen molar-refractivity contribution >= 4 is 12.0 Å². The summed E-state index contributed by atoms with van der Waals surface area (Å²) < 4.78 is 10.4. The Balaban J connectivity index is 1.65. The molecule has 3 rings (SSSR count). The van der Waals surface area contributed by atoms with E-state index in [0.29, 0.717) is 17.9 Å². The largest absolute Gasteiger partial charge is 0.445 e. The zero-order valence-electron chi connectivity index (χ0n) is 17.1. The first kappa shape index (κ1) is 21.1. The first-order valence-corrected chi connectivity index (χ1v) is 9.69. The Labute approximate surface area is 175 Å². The van der Waals surface area contributed by atoms with Gasteiger partial charge in [-0.1, -0.05) is 65.8 Å². The van der Waals surface area contributed by atoms with E-state index < -0.39 is 12.1 Å². The molecule has 0 aliphatic carbocycles. The lowest BCUT2D eigenvalue weighted by Gasteiger charge is -2.24. The minimum absolute atomic E-state index is 0.132. The van der Waals surface area contributed by atoms with Gasteiger partial charge in [0.1, 0.15) is 24.1 Å². The molecule has 30 heavy (non-hydrogen) atoms. The molecule has 0 aliphatic rings. The van der Waals surface area contributed by atoms with Crippen LogP contribution in [0.5, 0.6) is 0 Å². The number of alkyl carbamates (subject to hydrolysis) is 1. The van der Waals surface area contributed by atoms with Crippen LogP contribution in [0.2, 0.25) is 0 Å². The van der Waals surface area contributed by atoms with E-state index >= 15 is 0 Å². The van der Waals surface area contributed by atoms with Crippen molar-refractivity contribution in [3.8, 4) is 0 Å². The predicted octanol–water partition coefficient (Wildman–Crippen LogP) is 3.48. The van der Waals surface area contributed by atoms with Crippen LogP contribution in [0.4, 0.5) is 4.79 Å². The molecule has 1 atom stereocenters. The maximum atomic E-state index is 13.1. The fourth-order valence-electron chi connectivity index (χ4n) is 3.04. The van der Waals surface area contributed by atoms with E-state index in [0.717, 1.165) is 11.1 Å². The molecule has 0 saturated heterocycles. The van der Waals surface area contributed by atoms with Gasteiger partial charge in [-0.05, 0) is 18.1 Å². The minimum atomic E-state index is -0.770. The molecule has 7 nitrogen and oxygen atoms in total. The van der Waals surface area contributed by atoms with Crippen molar-refractivity contribution in [2.75, 3.05) is 7.05 Å². The number of hydrogen-bond acceptors (Lipinski definition) is 5. The van der Waals surface area contributed by atoms with E-state index in [2.05, 4.69) is 10.5 Å². The monoisotopic (exact) mass is 407 g/mol. The van der Waals surface area contributed by atoms with E-state index in [4.69, 9.17) is 9.26 Å². The van der Waals surface area contributed by atoms with Gasteiger partial charge in [0.05, 0.1) is 6.54 Å². The van der Waals surface area contributed by atoms with Gasteiger partial charge in [-0.15, -0.1) is 0 Å². The normalized spacial score (nSPS) is 11.5. The van der Waals surface area contributed by atoms with Crippen LogP contribution in [-0.4, -0.2) is 35.1 Å². The Morgan fingerprint density at radius 1 is 1.07 bits per heavy atom. The second-order valence-electron chi connectivity index (χ2n) is 7.07. The number of benzene rings is 2. The molecule has 2 aromatic carbocycles. The lowest BCUT2D eigenvalue weighted by atomic mass is 10.0. The highest BCUT2D eigenvalue weighted by Gasteiger charge is 2.25. The van der Waals surface area contributed by atoms with Crippen LogP contribution in [0.25, 0.3) is 0 Å². The molecule has 1 N–H and O–H groups in total. The van der Waals surface area contributed by atoms with Gasteiger partial charge in [-0.2, -0.15) is 0 Å². The molecule has 0 bridgehead atoms. The van der Waals surface area contributed by atoms with Gasteiger partial charge in [0.25, 0.3) is 0 Å². The highest BCUT2D eigenvalue weighted by Crippen LogP contribution is 2.10. The maximum absolute atomic E-state index is 13.1. The van der Waals surface area contributed by atoms with Gasteiger partial charge in [0, 0.05) is 19.5 Å². The molecule has 0 aliphatic heterocycles. The number of likely N-dealkylation sites (N-methyl/N-ethyl adjacent to an activating group) is 1. The second-order valence-corrected chi connectivity index (χ2v) is 7.07. The van der Waals surface area contributed by atoms with E-state index in [1.165, 1.54) is 4.90 Å². The Bertz CT molecular complexity index is 957. The van der Waals surface area contributed by atoms with Gasteiger partial charge < -0.3 is 19.5 Å². The molecule has 0 saturated carbocycles. The molecular formula is C23H25N3O4. The lowest BCUT2D eigenvalue weighted by Crippen LogP contribution is -2.48. The maximum Gasteiger partial charge on any atom is 0.408 e. The van der Waals surface area contributed by atoms with Crippen molar-refractivity contribution in [2.45, 2.75) is 32.5 Å². The third-order valence-corrected chi connectivity index (χ3v) is 4.54. The summed E-state index contributed by atoms with van der Waals surface area (Å²) in [5.41, 5.74) is 2.45. The number of hydrogen-bond donors (Lipinski definition) is 1. The molecule has 0 unspecified atom stereocenters. The predicted molar refractivity (Wildman–Crippen MR) is 111 cm³/mol. The standard InChI is InChI=1S/C23H25N3O4/c1-17-13-20(25-30-17)15-26(2)22(27)21(14-18-9-5-3-6-10-18)24-23(28)29-16-19-11-7-4-8-12-19/h3-13,21H,14-16H2,1-2H3,(H,24,28)/t21-/m0/s1. The Morgan fingerprint density at radius 2 is 1.70 bits per heavy atom. The van der Waals surface area contributed by atoms with Crippen LogP contribution in [0.15, 0.2) is 71.3 Å². The number of aryl methyl sites for hydroxylation is 1. The summed E-state index contributed by atoms with van der Waals surface area (Å²) >= 11 is 0. The van der Waals surface area contributed by atoms with Crippen molar-refractivity contribution < 1.29 is 18.8 Å². The number of rotatable bonds is 8. The van der Waals surface area contributed by atoms with Gasteiger partial charge in [-0.25, -0.2) is 4.79 Å². The summed E-state index contributed by atoms with van der Waals surface area (Å²) in [5.74, 6) is 0.436. The summed E-state index contributed by atoms with van der Waals surface area (Å²) in [5, 5.41) is 6.64. The molecule has 7 heteroatoms. The summed E-state index contributed by atoms with van der Waals surface area (Å²) in [6, 6.07) is 19.9. The van der Waals surface area contributed by atoms with Gasteiger partial charge in [0.15, 0.2) is 0 Å². The zero-order chi connectivity index (χ0) is 21.3. The molecule has 0 radical (unpaired) electrons. The lowest BCUT2D eigenvalue weighted by molar-refractivity contribution is -0.132. The van der Waals surface area contributed by atoms with E-state index in [1.54, 1.807) is 20.0 Å². The van der Waals surface area contributed by atoms with Crippen molar-refractivity contribution in [2.24, 2.45) is 0 Å². The third-order valence-electron chi connectivity index (χ3n) is 4.54. The summed E-state index contributed by atoms with van der Waals surface area (Å²) in [6.07, 6.45) is -0.290. The van der Waals surface area contributed by atoms with Crippen LogP contribution in [0.1, 0.15) is 22.6 Å².